The molecule has 1 aliphatic heterocycles. The van der Waals surface area contributed by atoms with E-state index in [4.69, 9.17) is 17.0 Å². The van der Waals surface area contributed by atoms with Crippen LogP contribution in [0.25, 0.3) is 11.2 Å². The average Bonchev–Trinajstić information content (AvgIpc) is 2.68. The lowest BCUT2D eigenvalue weighted by atomic mass is 9.92. The lowest BCUT2D eigenvalue weighted by molar-refractivity contribution is 0.0304. The molecule has 1 aliphatic rings. The Bertz CT molecular complexity index is 637. The van der Waals surface area contributed by atoms with Crippen molar-refractivity contribution in [2.75, 3.05) is 13.2 Å². The zero-order valence-electron chi connectivity index (χ0n) is 10.7. The number of pyridine rings is 1. The van der Waals surface area contributed by atoms with Crippen LogP contribution in [0.1, 0.15) is 25.3 Å². The second-order valence-electron chi connectivity index (χ2n) is 5.20. The highest BCUT2D eigenvalue weighted by atomic mass is 32.1. The fourth-order valence-corrected chi connectivity index (χ4v) is 3.07. The van der Waals surface area contributed by atoms with Crippen molar-refractivity contribution in [1.29, 1.82) is 0 Å². The summed E-state index contributed by atoms with van der Waals surface area (Å²) in [5.41, 5.74) is 3.20. The molecule has 1 N–H and O–H groups in total. The quantitative estimate of drug-likeness (QED) is 0.804. The van der Waals surface area contributed by atoms with E-state index < -0.39 is 0 Å². The number of fused-ring (bicyclic) bond motifs is 1. The highest BCUT2D eigenvalue weighted by Crippen LogP contribution is 2.32. The van der Waals surface area contributed by atoms with Crippen molar-refractivity contribution in [3.8, 4) is 0 Å². The van der Waals surface area contributed by atoms with Gasteiger partial charge in [0.2, 0.25) is 0 Å². The Balaban J connectivity index is 2.25. The van der Waals surface area contributed by atoms with Crippen LogP contribution in [-0.4, -0.2) is 27.7 Å². The van der Waals surface area contributed by atoms with E-state index in [2.05, 4.69) is 28.4 Å². The number of ether oxygens (including phenoxy) is 1. The van der Waals surface area contributed by atoms with Crippen molar-refractivity contribution >= 4 is 23.4 Å². The molecule has 1 saturated heterocycles. The molecule has 3 rings (SSSR count). The van der Waals surface area contributed by atoms with Crippen LogP contribution in [0.3, 0.4) is 0 Å². The van der Waals surface area contributed by atoms with Gasteiger partial charge in [0, 0.05) is 19.4 Å². The van der Waals surface area contributed by atoms with Crippen molar-refractivity contribution in [3.05, 3.63) is 22.6 Å². The van der Waals surface area contributed by atoms with Crippen LogP contribution in [0.4, 0.5) is 0 Å². The van der Waals surface area contributed by atoms with Crippen LogP contribution < -0.4 is 0 Å². The van der Waals surface area contributed by atoms with Gasteiger partial charge in [0.1, 0.15) is 0 Å². The SMILES string of the molecule is Cc1ccnc2c1[nH]c(=S)n2C1(C)CCOCC1. The highest BCUT2D eigenvalue weighted by molar-refractivity contribution is 7.71. The number of imidazole rings is 1. The van der Waals surface area contributed by atoms with E-state index in [1.165, 1.54) is 5.56 Å². The van der Waals surface area contributed by atoms with E-state index >= 15 is 0 Å². The Hall–Kier alpha value is -1.20. The van der Waals surface area contributed by atoms with E-state index in [9.17, 15) is 0 Å². The summed E-state index contributed by atoms with van der Waals surface area (Å²) < 4.78 is 8.39. The number of nitrogens with one attached hydrogen (secondary N) is 1. The summed E-state index contributed by atoms with van der Waals surface area (Å²) >= 11 is 5.49. The molecule has 0 radical (unpaired) electrons. The third-order valence-corrected chi connectivity index (χ3v) is 4.18. The van der Waals surface area contributed by atoms with Crippen LogP contribution in [0.15, 0.2) is 12.3 Å². The molecule has 0 atom stereocenters. The number of rotatable bonds is 1. The zero-order chi connectivity index (χ0) is 12.8. The Morgan fingerprint density at radius 1 is 1.44 bits per heavy atom. The van der Waals surface area contributed by atoms with Gasteiger partial charge in [-0.25, -0.2) is 4.98 Å². The fraction of sp³-hybridized carbons (Fsp3) is 0.538. The number of aromatic nitrogens is 3. The molecular formula is C13H17N3OS. The number of nitrogens with zero attached hydrogens (tertiary/aromatic N) is 2. The topological polar surface area (TPSA) is 42.8 Å². The second-order valence-corrected chi connectivity index (χ2v) is 5.59. The van der Waals surface area contributed by atoms with Gasteiger partial charge in [-0.3, -0.25) is 4.57 Å². The second kappa shape index (κ2) is 4.17. The summed E-state index contributed by atoms with van der Waals surface area (Å²) in [5.74, 6) is 0. The maximum atomic E-state index is 5.49. The molecule has 96 valence electrons. The molecule has 18 heavy (non-hydrogen) atoms. The molecule has 3 heterocycles. The summed E-state index contributed by atoms with van der Waals surface area (Å²) in [6.45, 7) is 5.89. The van der Waals surface area contributed by atoms with Gasteiger partial charge in [-0.15, -0.1) is 0 Å². The third kappa shape index (κ3) is 1.69. The van der Waals surface area contributed by atoms with Gasteiger partial charge in [-0.1, -0.05) is 0 Å². The molecule has 0 amide bonds. The molecule has 0 spiro atoms. The molecule has 4 nitrogen and oxygen atoms in total. The van der Waals surface area contributed by atoms with E-state index in [0.717, 1.165) is 42.0 Å². The summed E-state index contributed by atoms with van der Waals surface area (Å²) in [4.78, 5) is 7.80. The standard InChI is InChI=1S/C13H17N3OS/c1-9-3-6-14-11-10(9)15-12(18)16(11)13(2)4-7-17-8-5-13/h3,6H,4-5,7-8H2,1-2H3,(H,15,18). The number of hydrogen-bond donors (Lipinski definition) is 1. The minimum atomic E-state index is 0.00831. The van der Waals surface area contributed by atoms with Crippen molar-refractivity contribution in [3.63, 3.8) is 0 Å². The highest BCUT2D eigenvalue weighted by Gasteiger charge is 2.31. The lowest BCUT2D eigenvalue weighted by Crippen LogP contribution is -2.36. The normalized spacial score (nSPS) is 19.2. The van der Waals surface area contributed by atoms with Crippen LogP contribution in [0.2, 0.25) is 0 Å². The molecule has 2 aromatic heterocycles. The average molecular weight is 263 g/mol. The molecular weight excluding hydrogens is 246 g/mol. The minimum absolute atomic E-state index is 0.00831. The first kappa shape index (κ1) is 11.9. The van der Waals surface area contributed by atoms with Crippen molar-refractivity contribution in [2.24, 2.45) is 0 Å². The van der Waals surface area contributed by atoms with E-state index in [1.54, 1.807) is 0 Å². The van der Waals surface area contributed by atoms with Crippen LogP contribution in [0, 0.1) is 11.7 Å². The third-order valence-electron chi connectivity index (χ3n) is 3.90. The van der Waals surface area contributed by atoms with Gasteiger partial charge in [-0.05, 0) is 50.5 Å². The van der Waals surface area contributed by atoms with Gasteiger partial charge >= 0.3 is 0 Å². The molecule has 5 heteroatoms. The number of aryl methyl sites for hydroxylation is 1. The molecule has 0 aliphatic carbocycles. The maximum absolute atomic E-state index is 5.49. The first-order valence-electron chi connectivity index (χ1n) is 6.26. The van der Waals surface area contributed by atoms with Gasteiger partial charge < -0.3 is 9.72 Å². The zero-order valence-corrected chi connectivity index (χ0v) is 11.5. The Labute approximate surface area is 111 Å². The van der Waals surface area contributed by atoms with Gasteiger partial charge in [0.15, 0.2) is 10.4 Å². The number of hydrogen-bond acceptors (Lipinski definition) is 3. The lowest BCUT2D eigenvalue weighted by Gasteiger charge is -2.35. The predicted molar refractivity (Wildman–Crippen MR) is 73.4 cm³/mol. The summed E-state index contributed by atoms with van der Waals surface area (Å²) in [6.07, 6.45) is 3.80. The van der Waals surface area contributed by atoms with Crippen molar-refractivity contribution in [1.82, 2.24) is 14.5 Å². The molecule has 2 aromatic rings. The van der Waals surface area contributed by atoms with Gasteiger partial charge in [-0.2, -0.15) is 0 Å². The number of aromatic amines is 1. The molecule has 1 fully saturated rings. The van der Waals surface area contributed by atoms with Crippen LogP contribution in [-0.2, 0) is 10.3 Å². The smallest absolute Gasteiger partial charge is 0.179 e. The minimum Gasteiger partial charge on any atom is -0.381 e. The monoisotopic (exact) mass is 263 g/mol. The van der Waals surface area contributed by atoms with Gasteiger partial charge in [0.25, 0.3) is 0 Å². The Kier molecular flexibility index (Phi) is 2.75. The van der Waals surface area contributed by atoms with Crippen molar-refractivity contribution < 1.29 is 4.74 Å². The largest absolute Gasteiger partial charge is 0.381 e. The van der Waals surface area contributed by atoms with Gasteiger partial charge in [0.05, 0.1) is 11.1 Å². The number of H-pyrrole nitrogens is 1. The summed E-state index contributed by atoms with van der Waals surface area (Å²) in [6, 6.07) is 2.00. The predicted octanol–water partition coefficient (Wildman–Crippen LogP) is 2.93. The summed E-state index contributed by atoms with van der Waals surface area (Å²) in [5, 5.41) is 0. The first-order valence-corrected chi connectivity index (χ1v) is 6.67. The molecule has 0 bridgehead atoms. The van der Waals surface area contributed by atoms with Crippen molar-refractivity contribution in [2.45, 2.75) is 32.2 Å². The Morgan fingerprint density at radius 3 is 2.89 bits per heavy atom. The van der Waals surface area contributed by atoms with E-state index in [-0.39, 0.29) is 5.54 Å². The summed E-state index contributed by atoms with van der Waals surface area (Å²) in [7, 11) is 0. The fourth-order valence-electron chi connectivity index (χ4n) is 2.66. The first-order chi connectivity index (χ1) is 8.62. The molecule has 0 aromatic carbocycles. The van der Waals surface area contributed by atoms with E-state index in [1.807, 2.05) is 12.3 Å². The van der Waals surface area contributed by atoms with Crippen LogP contribution in [0.5, 0.6) is 0 Å². The molecule has 0 saturated carbocycles. The Morgan fingerprint density at radius 2 is 2.17 bits per heavy atom. The van der Waals surface area contributed by atoms with Crippen LogP contribution >= 0.6 is 12.2 Å². The maximum Gasteiger partial charge on any atom is 0.179 e. The van der Waals surface area contributed by atoms with E-state index in [0.29, 0.717) is 0 Å². The molecule has 0 unspecified atom stereocenters.